The summed E-state index contributed by atoms with van der Waals surface area (Å²) in [6.45, 7) is 1.26. The van der Waals surface area contributed by atoms with Crippen LogP contribution in [0.2, 0.25) is 0 Å². The fraction of sp³-hybridized carbons (Fsp3) is 0.136. The second-order valence-electron chi connectivity index (χ2n) is 6.89. The second kappa shape index (κ2) is 9.04. The number of para-hydroxylation sites is 3. The monoisotopic (exact) mass is 416 g/mol. The van der Waals surface area contributed by atoms with E-state index in [-0.39, 0.29) is 11.6 Å². The van der Waals surface area contributed by atoms with Crippen molar-refractivity contribution in [3.8, 4) is 0 Å². The van der Waals surface area contributed by atoms with Crippen LogP contribution in [0.4, 0.5) is 11.4 Å². The maximum absolute atomic E-state index is 12.4. The number of nitrogens with one attached hydrogen (secondary N) is 2. The molecule has 4 rings (SSSR count). The lowest BCUT2D eigenvalue weighted by atomic mass is 10.1. The number of fused-ring (bicyclic) bond motifs is 1. The normalized spacial score (nSPS) is 10.7. The highest BCUT2D eigenvalue weighted by molar-refractivity contribution is 5.94. The summed E-state index contributed by atoms with van der Waals surface area (Å²) in [5, 5.41) is 25.1. The Morgan fingerprint density at radius 1 is 0.968 bits per heavy atom. The van der Waals surface area contributed by atoms with Crippen LogP contribution < -0.4 is 10.6 Å². The lowest BCUT2D eigenvalue weighted by Crippen LogP contribution is -2.28. The molecule has 0 aliphatic carbocycles. The van der Waals surface area contributed by atoms with Crippen LogP contribution >= 0.6 is 0 Å². The zero-order valence-corrected chi connectivity index (χ0v) is 16.6. The number of hydrogen-bond donors (Lipinski definition) is 2. The molecule has 1 heterocycles. The maximum Gasteiger partial charge on any atom is 0.292 e. The van der Waals surface area contributed by atoms with Crippen molar-refractivity contribution in [3.05, 3.63) is 94.0 Å². The van der Waals surface area contributed by atoms with Gasteiger partial charge in [0.05, 0.1) is 17.0 Å². The molecular formula is C22H20N6O3. The SMILES string of the molecule is O=C(NCCNc1ccccc1[N+](=O)[O-])c1ccc(Cn2nnc3ccccc32)cc1. The number of anilines is 1. The van der Waals surface area contributed by atoms with Gasteiger partial charge >= 0.3 is 0 Å². The third-order valence-electron chi connectivity index (χ3n) is 4.80. The first kappa shape index (κ1) is 20.0. The Hall–Kier alpha value is -4.27. The van der Waals surface area contributed by atoms with Crippen molar-refractivity contribution in [2.45, 2.75) is 6.54 Å². The van der Waals surface area contributed by atoms with Crippen molar-refractivity contribution in [1.29, 1.82) is 0 Å². The molecule has 0 atom stereocenters. The minimum Gasteiger partial charge on any atom is -0.378 e. The predicted octanol–water partition coefficient (Wildman–Crippen LogP) is 3.23. The van der Waals surface area contributed by atoms with Crippen molar-refractivity contribution >= 4 is 28.3 Å². The van der Waals surface area contributed by atoms with Gasteiger partial charge in [0, 0.05) is 24.7 Å². The standard InChI is InChI=1S/C22H20N6O3/c29-22(24-14-13-23-18-5-1-4-8-21(18)28(30)31)17-11-9-16(10-12-17)15-27-20-7-3-2-6-19(20)25-26-27/h1-12,23H,13-15H2,(H,24,29). The summed E-state index contributed by atoms with van der Waals surface area (Å²) in [6.07, 6.45) is 0. The van der Waals surface area contributed by atoms with Gasteiger partial charge in [-0.25, -0.2) is 4.68 Å². The number of hydrogen-bond acceptors (Lipinski definition) is 6. The molecule has 4 aromatic rings. The van der Waals surface area contributed by atoms with E-state index in [9.17, 15) is 14.9 Å². The maximum atomic E-state index is 12.4. The summed E-state index contributed by atoms with van der Waals surface area (Å²) in [4.78, 5) is 22.9. The lowest BCUT2D eigenvalue weighted by Gasteiger charge is -2.09. The van der Waals surface area contributed by atoms with Gasteiger partial charge in [0.1, 0.15) is 11.2 Å². The molecule has 156 valence electrons. The number of amides is 1. The molecule has 0 spiro atoms. The van der Waals surface area contributed by atoms with E-state index in [1.807, 2.05) is 41.1 Å². The molecule has 0 radical (unpaired) electrons. The molecule has 0 unspecified atom stereocenters. The topological polar surface area (TPSA) is 115 Å². The van der Waals surface area contributed by atoms with E-state index in [4.69, 9.17) is 0 Å². The largest absolute Gasteiger partial charge is 0.378 e. The predicted molar refractivity (Wildman–Crippen MR) is 117 cm³/mol. The Labute approximate surface area is 177 Å². The fourth-order valence-electron chi connectivity index (χ4n) is 3.23. The van der Waals surface area contributed by atoms with Crippen LogP contribution in [0.15, 0.2) is 72.8 Å². The average molecular weight is 416 g/mol. The Kier molecular flexibility index (Phi) is 5.84. The summed E-state index contributed by atoms with van der Waals surface area (Å²) >= 11 is 0. The van der Waals surface area contributed by atoms with E-state index < -0.39 is 4.92 Å². The molecule has 0 fully saturated rings. The van der Waals surface area contributed by atoms with E-state index in [1.54, 1.807) is 30.3 Å². The number of benzene rings is 3. The van der Waals surface area contributed by atoms with Crippen LogP contribution in [0, 0.1) is 10.1 Å². The van der Waals surface area contributed by atoms with Crippen LogP contribution in [0.1, 0.15) is 15.9 Å². The van der Waals surface area contributed by atoms with Crippen LogP contribution in [-0.2, 0) is 6.54 Å². The van der Waals surface area contributed by atoms with Crippen LogP contribution in [-0.4, -0.2) is 38.9 Å². The number of nitro benzene ring substituents is 1. The first-order valence-electron chi connectivity index (χ1n) is 9.74. The van der Waals surface area contributed by atoms with Gasteiger partial charge in [0.25, 0.3) is 11.6 Å². The second-order valence-corrected chi connectivity index (χ2v) is 6.89. The van der Waals surface area contributed by atoms with Gasteiger partial charge in [0.15, 0.2) is 0 Å². The molecular weight excluding hydrogens is 396 g/mol. The Balaban J connectivity index is 1.30. The van der Waals surface area contributed by atoms with Crippen molar-refractivity contribution in [2.75, 3.05) is 18.4 Å². The summed E-state index contributed by atoms with van der Waals surface area (Å²) in [7, 11) is 0. The average Bonchev–Trinajstić information content (AvgIpc) is 3.20. The van der Waals surface area contributed by atoms with Gasteiger partial charge in [-0.3, -0.25) is 14.9 Å². The Morgan fingerprint density at radius 3 is 2.52 bits per heavy atom. The zero-order valence-electron chi connectivity index (χ0n) is 16.6. The molecule has 1 amide bonds. The third-order valence-corrected chi connectivity index (χ3v) is 4.80. The van der Waals surface area contributed by atoms with Crippen molar-refractivity contribution in [1.82, 2.24) is 20.3 Å². The Bertz CT molecular complexity index is 1220. The molecule has 0 saturated heterocycles. The van der Waals surface area contributed by atoms with Gasteiger partial charge in [-0.2, -0.15) is 0 Å². The molecule has 0 aliphatic heterocycles. The van der Waals surface area contributed by atoms with Crippen LogP contribution in [0.25, 0.3) is 11.0 Å². The van der Waals surface area contributed by atoms with Gasteiger partial charge in [-0.1, -0.05) is 41.6 Å². The summed E-state index contributed by atoms with van der Waals surface area (Å²) < 4.78 is 1.82. The van der Waals surface area contributed by atoms with E-state index in [2.05, 4.69) is 20.9 Å². The van der Waals surface area contributed by atoms with Gasteiger partial charge in [0.2, 0.25) is 0 Å². The van der Waals surface area contributed by atoms with E-state index in [0.29, 0.717) is 30.9 Å². The number of rotatable bonds is 8. The molecule has 9 heteroatoms. The first-order valence-corrected chi connectivity index (χ1v) is 9.74. The Morgan fingerprint density at radius 2 is 1.71 bits per heavy atom. The molecule has 9 nitrogen and oxygen atoms in total. The fourth-order valence-corrected chi connectivity index (χ4v) is 3.23. The van der Waals surface area contributed by atoms with Crippen molar-refractivity contribution in [3.63, 3.8) is 0 Å². The number of aromatic nitrogens is 3. The molecule has 2 N–H and O–H groups in total. The molecule has 0 bridgehead atoms. The number of carbonyl (C=O) groups is 1. The van der Waals surface area contributed by atoms with Crippen molar-refractivity contribution in [2.24, 2.45) is 0 Å². The number of carbonyl (C=O) groups excluding carboxylic acids is 1. The zero-order chi connectivity index (χ0) is 21.6. The highest BCUT2D eigenvalue weighted by Gasteiger charge is 2.12. The molecule has 1 aromatic heterocycles. The van der Waals surface area contributed by atoms with Crippen LogP contribution in [0.5, 0.6) is 0 Å². The number of nitro groups is 1. The number of nitrogens with zero attached hydrogens (tertiary/aromatic N) is 4. The smallest absolute Gasteiger partial charge is 0.292 e. The van der Waals surface area contributed by atoms with Crippen molar-refractivity contribution < 1.29 is 9.72 Å². The van der Waals surface area contributed by atoms with E-state index in [1.165, 1.54) is 6.07 Å². The summed E-state index contributed by atoms with van der Waals surface area (Å²) in [5.41, 5.74) is 3.77. The van der Waals surface area contributed by atoms with Gasteiger partial charge in [-0.05, 0) is 35.9 Å². The van der Waals surface area contributed by atoms with E-state index in [0.717, 1.165) is 16.6 Å². The van der Waals surface area contributed by atoms with Gasteiger partial charge < -0.3 is 10.6 Å². The van der Waals surface area contributed by atoms with E-state index >= 15 is 0 Å². The molecule has 0 aliphatic rings. The first-order chi connectivity index (χ1) is 15.1. The quantitative estimate of drug-likeness (QED) is 0.259. The highest BCUT2D eigenvalue weighted by atomic mass is 16.6. The summed E-state index contributed by atoms with van der Waals surface area (Å²) in [6, 6.07) is 21.4. The molecule has 31 heavy (non-hydrogen) atoms. The summed E-state index contributed by atoms with van der Waals surface area (Å²) in [5.74, 6) is -0.206. The lowest BCUT2D eigenvalue weighted by molar-refractivity contribution is -0.384. The van der Waals surface area contributed by atoms with Crippen LogP contribution in [0.3, 0.4) is 0 Å². The third kappa shape index (κ3) is 4.67. The molecule has 3 aromatic carbocycles. The molecule has 0 saturated carbocycles. The minimum absolute atomic E-state index is 0.00424. The highest BCUT2D eigenvalue weighted by Crippen LogP contribution is 2.22. The van der Waals surface area contributed by atoms with Gasteiger partial charge in [-0.15, -0.1) is 5.10 Å². The minimum atomic E-state index is -0.440.